The SMILES string of the molecule is O=C(c1ccc(COc2cccc(O)c2-c2ccccc2)cc1)c1cccc(-c2nn[nH]n2)c1. The van der Waals surface area contributed by atoms with E-state index in [1.807, 2.05) is 54.6 Å². The minimum absolute atomic E-state index is 0.0999. The van der Waals surface area contributed by atoms with Gasteiger partial charge >= 0.3 is 0 Å². The number of ether oxygens (including phenoxy) is 1. The topological polar surface area (TPSA) is 101 Å². The Balaban J connectivity index is 1.31. The molecule has 0 unspecified atom stereocenters. The number of rotatable bonds is 7. The highest BCUT2D eigenvalue weighted by Gasteiger charge is 2.13. The monoisotopic (exact) mass is 448 g/mol. The number of benzene rings is 4. The number of H-pyrrole nitrogens is 1. The summed E-state index contributed by atoms with van der Waals surface area (Å²) in [4.78, 5) is 13.0. The number of nitrogens with zero attached hydrogens (tertiary/aromatic N) is 3. The molecule has 0 aliphatic heterocycles. The van der Waals surface area contributed by atoms with Crippen molar-refractivity contribution >= 4 is 5.78 Å². The van der Waals surface area contributed by atoms with Crippen LogP contribution in [-0.2, 0) is 6.61 Å². The van der Waals surface area contributed by atoms with Crippen LogP contribution in [0.3, 0.4) is 0 Å². The number of carbonyl (C=O) groups is 1. The van der Waals surface area contributed by atoms with Crippen molar-refractivity contribution in [1.29, 1.82) is 0 Å². The third kappa shape index (κ3) is 4.40. The predicted octanol–water partition coefficient (Wildman–Crippen LogP) is 5.05. The fourth-order valence-electron chi connectivity index (χ4n) is 3.70. The van der Waals surface area contributed by atoms with Crippen molar-refractivity contribution in [2.24, 2.45) is 0 Å². The summed E-state index contributed by atoms with van der Waals surface area (Å²) >= 11 is 0. The van der Waals surface area contributed by atoms with Crippen molar-refractivity contribution in [2.75, 3.05) is 0 Å². The van der Waals surface area contributed by atoms with Gasteiger partial charge < -0.3 is 9.84 Å². The Labute approximate surface area is 195 Å². The maximum Gasteiger partial charge on any atom is 0.204 e. The molecule has 0 saturated heterocycles. The molecule has 4 aromatic carbocycles. The molecule has 7 nitrogen and oxygen atoms in total. The molecular weight excluding hydrogens is 428 g/mol. The quantitative estimate of drug-likeness (QED) is 0.338. The van der Waals surface area contributed by atoms with Crippen LogP contribution in [0, 0.1) is 0 Å². The first-order chi connectivity index (χ1) is 16.7. The van der Waals surface area contributed by atoms with Crippen LogP contribution >= 0.6 is 0 Å². The van der Waals surface area contributed by atoms with Gasteiger partial charge in [-0.25, -0.2) is 0 Å². The molecule has 0 amide bonds. The summed E-state index contributed by atoms with van der Waals surface area (Å²) in [7, 11) is 0. The van der Waals surface area contributed by atoms with Gasteiger partial charge in [0, 0.05) is 16.7 Å². The lowest BCUT2D eigenvalue weighted by molar-refractivity contribution is 0.103. The first kappa shape index (κ1) is 21.1. The number of aromatic amines is 1. The van der Waals surface area contributed by atoms with Crippen LogP contribution in [0.15, 0.2) is 97.1 Å². The molecule has 1 aromatic heterocycles. The average Bonchev–Trinajstić information content (AvgIpc) is 3.43. The van der Waals surface area contributed by atoms with E-state index in [4.69, 9.17) is 4.74 Å². The van der Waals surface area contributed by atoms with Crippen LogP contribution in [0.5, 0.6) is 11.5 Å². The van der Waals surface area contributed by atoms with E-state index >= 15 is 0 Å². The van der Waals surface area contributed by atoms with Gasteiger partial charge in [0.2, 0.25) is 5.82 Å². The summed E-state index contributed by atoms with van der Waals surface area (Å²) in [5.41, 5.74) is 4.25. The molecule has 0 fully saturated rings. The van der Waals surface area contributed by atoms with Gasteiger partial charge in [0.05, 0.1) is 5.56 Å². The van der Waals surface area contributed by atoms with Gasteiger partial charge in [0.15, 0.2) is 5.78 Å². The number of ketones is 1. The number of hydrogen-bond acceptors (Lipinski definition) is 6. The van der Waals surface area contributed by atoms with Crippen molar-refractivity contribution in [3.05, 3.63) is 114 Å². The van der Waals surface area contributed by atoms with Gasteiger partial charge in [-0.2, -0.15) is 5.21 Å². The number of phenols is 1. The molecule has 0 radical (unpaired) electrons. The Morgan fingerprint density at radius 3 is 2.35 bits per heavy atom. The van der Waals surface area contributed by atoms with Crippen LogP contribution in [0.2, 0.25) is 0 Å². The molecule has 7 heteroatoms. The van der Waals surface area contributed by atoms with E-state index in [0.29, 0.717) is 40.4 Å². The molecule has 0 atom stereocenters. The van der Waals surface area contributed by atoms with E-state index in [9.17, 15) is 9.90 Å². The highest BCUT2D eigenvalue weighted by Crippen LogP contribution is 2.37. The van der Waals surface area contributed by atoms with E-state index in [-0.39, 0.29) is 11.5 Å². The molecule has 5 aromatic rings. The first-order valence-electron chi connectivity index (χ1n) is 10.7. The molecule has 0 bridgehead atoms. The molecule has 0 aliphatic rings. The van der Waals surface area contributed by atoms with Crippen LogP contribution in [0.1, 0.15) is 21.5 Å². The number of tetrazole rings is 1. The molecule has 5 rings (SSSR count). The molecular formula is C27H20N4O3. The van der Waals surface area contributed by atoms with E-state index in [1.54, 1.807) is 42.5 Å². The van der Waals surface area contributed by atoms with Crippen molar-refractivity contribution in [1.82, 2.24) is 20.6 Å². The Morgan fingerprint density at radius 1 is 0.824 bits per heavy atom. The number of aromatic hydroxyl groups is 1. The van der Waals surface area contributed by atoms with Crippen LogP contribution < -0.4 is 4.74 Å². The summed E-state index contributed by atoms with van der Waals surface area (Å²) in [6.07, 6.45) is 0. The number of phenolic OH excluding ortho intramolecular Hbond substituents is 1. The van der Waals surface area contributed by atoms with Gasteiger partial charge in [-0.3, -0.25) is 4.79 Å². The second-order valence-corrected chi connectivity index (χ2v) is 7.65. The maximum atomic E-state index is 13.0. The largest absolute Gasteiger partial charge is 0.507 e. The molecule has 2 N–H and O–H groups in total. The Kier molecular flexibility index (Phi) is 5.82. The Bertz CT molecular complexity index is 1420. The molecule has 166 valence electrons. The van der Waals surface area contributed by atoms with Crippen LogP contribution in [0.4, 0.5) is 0 Å². The minimum Gasteiger partial charge on any atom is -0.507 e. The smallest absolute Gasteiger partial charge is 0.204 e. The van der Waals surface area contributed by atoms with Crippen LogP contribution in [-0.4, -0.2) is 31.5 Å². The fraction of sp³-hybridized carbons (Fsp3) is 0.0370. The Morgan fingerprint density at radius 2 is 1.59 bits per heavy atom. The summed E-state index contributed by atoms with van der Waals surface area (Å²) in [6, 6.07) is 29.2. The average molecular weight is 448 g/mol. The van der Waals surface area contributed by atoms with Crippen molar-refractivity contribution in [3.63, 3.8) is 0 Å². The van der Waals surface area contributed by atoms with Gasteiger partial charge in [-0.15, -0.1) is 10.2 Å². The van der Waals surface area contributed by atoms with Gasteiger partial charge in [-0.1, -0.05) is 78.9 Å². The van der Waals surface area contributed by atoms with Gasteiger partial charge in [0.1, 0.15) is 18.1 Å². The lowest BCUT2D eigenvalue weighted by Gasteiger charge is -2.13. The molecule has 0 saturated carbocycles. The maximum absolute atomic E-state index is 13.0. The number of hydrogen-bond donors (Lipinski definition) is 2. The standard InChI is InChI=1S/C27H20N4O3/c32-23-10-5-11-24(25(23)19-6-2-1-3-7-19)34-17-18-12-14-20(15-13-18)26(33)21-8-4-9-22(16-21)27-28-30-31-29-27/h1-16,32H,17H2,(H,28,29,30,31). The predicted molar refractivity (Wildman–Crippen MR) is 127 cm³/mol. The minimum atomic E-state index is -0.0999. The lowest BCUT2D eigenvalue weighted by Crippen LogP contribution is -2.03. The summed E-state index contributed by atoms with van der Waals surface area (Å²) < 4.78 is 6.03. The number of aromatic nitrogens is 4. The van der Waals surface area contributed by atoms with E-state index in [0.717, 1.165) is 11.1 Å². The van der Waals surface area contributed by atoms with Gasteiger partial charge in [0.25, 0.3) is 0 Å². The van der Waals surface area contributed by atoms with Crippen molar-refractivity contribution in [2.45, 2.75) is 6.61 Å². The van der Waals surface area contributed by atoms with E-state index in [1.165, 1.54) is 0 Å². The van der Waals surface area contributed by atoms with Crippen LogP contribution in [0.25, 0.3) is 22.5 Å². The number of carbonyl (C=O) groups excluding carboxylic acids is 1. The third-order valence-electron chi connectivity index (χ3n) is 5.41. The number of nitrogens with one attached hydrogen (secondary N) is 1. The summed E-state index contributed by atoms with van der Waals surface area (Å²) in [6.45, 7) is 0.297. The highest BCUT2D eigenvalue weighted by molar-refractivity contribution is 6.09. The zero-order chi connectivity index (χ0) is 23.3. The Hall–Kier alpha value is -4.78. The normalized spacial score (nSPS) is 10.7. The van der Waals surface area contributed by atoms with Gasteiger partial charge in [-0.05, 0) is 34.5 Å². The lowest BCUT2D eigenvalue weighted by atomic mass is 10.00. The van der Waals surface area contributed by atoms with Crippen molar-refractivity contribution < 1.29 is 14.6 Å². The summed E-state index contributed by atoms with van der Waals surface area (Å²) in [5, 5.41) is 24.3. The van der Waals surface area contributed by atoms with E-state index < -0.39 is 0 Å². The van der Waals surface area contributed by atoms with Crippen molar-refractivity contribution in [3.8, 4) is 34.0 Å². The second-order valence-electron chi connectivity index (χ2n) is 7.65. The zero-order valence-corrected chi connectivity index (χ0v) is 18.1. The third-order valence-corrected chi connectivity index (χ3v) is 5.41. The first-order valence-corrected chi connectivity index (χ1v) is 10.7. The molecule has 0 spiro atoms. The van der Waals surface area contributed by atoms with E-state index in [2.05, 4.69) is 20.6 Å². The molecule has 34 heavy (non-hydrogen) atoms. The highest BCUT2D eigenvalue weighted by atomic mass is 16.5. The zero-order valence-electron chi connectivity index (χ0n) is 18.1. The summed E-state index contributed by atoms with van der Waals surface area (Å²) in [5.74, 6) is 1.08. The molecule has 1 heterocycles. The molecule has 0 aliphatic carbocycles. The fourth-order valence-corrected chi connectivity index (χ4v) is 3.70. The second kappa shape index (κ2) is 9.38.